The van der Waals surface area contributed by atoms with E-state index >= 15 is 0 Å². The van der Waals surface area contributed by atoms with Crippen molar-refractivity contribution < 1.29 is 9.84 Å². The first-order valence-corrected chi connectivity index (χ1v) is 4.74. The number of benzene rings is 1. The summed E-state index contributed by atoms with van der Waals surface area (Å²) < 4.78 is 5.25. The number of methoxy groups -OCH3 is 1. The Morgan fingerprint density at radius 2 is 2.14 bits per heavy atom. The van der Waals surface area contributed by atoms with Gasteiger partial charge in [-0.15, -0.1) is 0 Å². The van der Waals surface area contributed by atoms with Crippen LogP contribution in [0.15, 0.2) is 24.3 Å². The minimum Gasteiger partial charge on any atom is -0.496 e. The highest BCUT2D eigenvalue weighted by molar-refractivity contribution is 5.35. The lowest BCUT2D eigenvalue weighted by atomic mass is 10.0. The van der Waals surface area contributed by atoms with Crippen LogP contribution < -0.4 is 10.1 Å². The first kappa shape index (κ1) is 11.0. The van der Waals surface area contributed by atoms with Crippen molar-refractivity contribution in [1.82, 2.24) is 5.32 Å². The van der Waals surface area contributed by atoms with E-state index in [1.807, 2.05) is 31.3 Å². The van der Waals surface area contributed by atoms with Crippen LogP contribution in [-0.2, 0) is 0 Å². The quantitative estimate of drug-likeness (QED) is 0.745. The third kappa shape index (κ3) is 2.47. The lowest BCUT2D eigenvalue weighted by molar-refractivity contribution is 0.267. The maximum absolute atomic E-state index is 8.91. The molecule has 0 aliphatic heterocycles. The van der Waals surface area contributed by atoms with Crippen LogP contribution >= 0.6 is 0 Å². The molecule has 1 aromatic rings. The van der Waals surface area contributed by atoms with Gasteiger partial charge in [-0.05, 0) is 19.5 Å². The molecule has 1 aromatic carbocycles. The first-order chi connectivity index (χ1) is 6.83. The van der Waals surface area contributed by atoms with Crippen LogP contribution in [0.25, 0.3) is 0 Å². The number of aliphatic hydroxyl groups excluding tert-OH is 1. The Morgan fingerprint density at radius 1 is 1.43 bits per heavy atom. The van der Waals surface area contributed by atoms with Crippen LogP contribution in [-0.4, -0.2) is 25.9 Å². The third-order valence-electron chi connectivity index (χ3n) is 2.28. The second-order valence-corrected chi connectivity index (χ2v) is 3.10. The van der Waals surface area contributed by atoms with Crippen molar-refractivity contribution in [3.63, 3.8) is 0 Å². The van der Waals surface area contributed by atoms with Gasteiger partial charge in [-0.3, -0.25) is 0 Å². The highest BCUT2D eigenvalue weighted by atomic mass is 16.5. The van der Waals surface area contributed by atoms with Crippen molar-refractivity contribution in [3.8, 4) is 5.75 Å². The summed E-state index contributed by atoms with van der Waals surface area (Å²) >= 11 is 0. The standard InChI is InChI=1S/C11H17NO2/c1-12-10(7-8-13)9-5-3-4-6-11(9)14-2/h3-6,10,12-13H,7-8H2,1-2H3/t10-/m0/s1. The van der Waals surface area contributed by atoms with Gasteiger partial charge in [0.1, 0.15) is 5.75 Å². The maximum atomic E-state index is 8.91. The number of aliphatic hydroxyl groups is 1. The molecule has 0 aliphatic carbocycles. The van der Waals surface area contributed by atoms with Gasteiger partial charge in [0.25, 0.3) is 0 Å². The van der Waals surface area contributed by atoms with E-state index in [9.17, 15) is 0 Å². The second kappa shape index (κ2) is 5.62. The fourth-order valence-corrected chi connectivity index (χ4v) is 1.54. The van der Waals surface area contributed by atoms with Gasteiger partial charge in [0, 0.05) is 18.2 Å². The van der Waals surface area contributed by atoms with Gasteiger partial charge >= 0.3 is 0 Å². The summed E-state index contributed by atoms with van der Waals surface area (Å²) in [5.74, 6) is 0.861. The Labute approximate surface area is 84.7 Å². The molecule has 78 valence electrons. The summed E-state index contributed by atoms with van der Waals surface area (Å²) in [5.41, 5.74) is 1.09. The molecule has 0 heterocycles. The molecule has 14 heavy (non-hydrogen) atoms. The fraction of sp³-hybridized carbons (Fsp3) is 0.455. The predicted octanol–water partition coefficient (Wildman–Crippen LogP) is 1.34. The Bertz CT molecular complexity index is 276. The van der Waals surface area contributed by atoms with Gasteiger partial charge < -0.3 is 15.2 Å². The summed E-state index contributed by atoms with van der Waals surface area (Å²) in [6, 6.07) is 8.00. The topological polar surface area (TPSA) is 41.5 Å². The highest BCUT2D eigenvalue weighted by Crippen LogP contribution is 2.26. The zero-order valence-electron chi connectivity index (χ0n) is 8.66. The van der Waals surface area contributed by atoms with Crippen LogP contribution in [0.1, 0.15) is 18.0 Å². The summed E-state index contributed by atoms with van der Waals surface area (Å²) in [5, 5.41) is 12.1. The predicted molar refractivity (Wildman–Crippen MR) is 56.5 cm³/mol. The van der Waals surface area contributed by atoms with Crippen LogP contribution in [0.4, 0.5) is 0 Å². The molecule has 1 rings (SSSR count). The molecule has 0 radical (unpaired) electrons. The van der Waals surface area contributed by atoms with E-state index in [0.29, 0.717) is 6.42 Å². The van der Waals surface area contributed by atoms with Crippen LogP contribution in [0, 0.1) is 0 Å². The molecule has 1 atom stereocenters. The van der Waals surface area contributed by atoms with Crippen LogP contribution in [0.2, 0.25) is 0 Å². The van der Waals surface area contributed by atoms with Crippen molar-refractivity contribution in [1.29, 1.82) is 0 Å². The minimum absolute atomic E-state index is 0.149. The Kier molecular flexibility index (Phi) is 4.43. The molecule has 3 heteroatoms. The average Bonchev–Trinajstić information content (AvgIpc) is 2.26. The van der Waals surface area contributed by atoms with Gasteiger partial charge in [0.2, 0.25) is 0 Å². The summed E-state index contributed by atoms with van der Waals surface area (Å²) in [7, 11) is 3.54. The Hall–Kier alpha value is -1.06. The summed E-state index contributed by atoms with van der Waals surface area (Å²) in [6.45, 7) is 0.170. The molecule has 0 amide bonds. The van der Waals surface area contributed by atoms with Crippen molar-refractivity contribution in [2.45, 2.75) is 12.5 Å². The lowest BCUT2D eigenvalue weighted by Gasteiger charge is -2.18. The highest BCUT2D eigenvalue weighted by Gasteiger charge is 2.12. The number of hydrogen-bond acceptors (Lipinski definition) is 3. The van der Waals surface area contributed by atoms with Gasteiger partial charge in [-0.25, -0.2) is 0 Å². The Morgan fingerprint density at radius 3 is 2.71 bits per heavy atom. The molecule has 0 saturated heterocycles. The Balaban J connectivity index is 2.90. The zero-order chi connectivity index (χ0) is 10.4. The van der Waals surface area contributed by atoms with Crippen molar-refractivity contribution >= 4 is 0 Å². The van der Waals surface area contributed by atoms with Gasteiger partial charge in [-0.1, -0.05) is 18.2 Å². The van der Waals surface area contributed by atoms with E-state index < -0.39 is 0 Å². The minimum atomic E-state index is 0.149. The van der Waals surface area contributed by atoms with E-state index in [2.05, 4.69) is 5.32 Å². The lowest BCUT2D eigenvalue weighted by Crippen LogP contribution is -2.18. The molecule has 0 saturated carbocycles. The molecule has 0 spiro atoms. The molecule has 3 nitrogen and oxygen atoms in total. The molecule has 0 bridgehead atoms. The van der Waals surface area contributed by atoms with Gasteiger partial charge in [-0.2, -0.15) is 0 Å². The fourth-order valence-electron chi connectivity index (χ4n) is 1.54. The average molecular weight is 195 g/mol. The largest absolute Gasteiger partial charge is 0.496 e. The van der Waals surface area contributed by atoms with Crippen molar-refractivity contribution in [2.75, 3.05) is 20.8 Å². The number of nitrogens with one attached hydrogen (secondary N) is 1. The monoisotopic (exact) mass is 195 g/mol. The number of ether oxygens (including phenoxy) is 1. The van der Waals surface area contributed by atoms with Crippen molar-refractivity contribution in [3.05, 3.63) is 29.8 Å². The molecular formula is C11H17NO2. The molecule has 0 fully saturated rings. The van der Waals surface area contributed by atoms with Crippen LogP contribution in [0.5, 0.6) is 5.75 Å². The molecule has 0 aliphatic rings. The number of hydrogen-bond donors (Lipinski definition) is 2. The van der Waals surface area contributed by atoms with Crippen LogP contribution in [0.3, 0.4) is 0 Å². The van der Waals surface area contributed by atoms with E-state index in [1.54, 1.807) is 7.11 Å². The van der Waals surface area contributed by atoms with E-state index in [0.717, 1.165) is 11.3 Å². The third-order valence-corrected chi connectivity index (χ3v) is 2.28. The summed E-state index contributed by atoms with van der Waals surface area (Å²) in [6.07, 6.45) is 0.691. The molecule has 2 N–H and O–H groups in total. The molecule has 0 aromatic heterocycles. The van der Waals surface area contributed by atoms with Gasteiger partial charge in [0.05, 0.1) is 7.11 Å². The molecule has 0 unspecified atom stereocenters. The van der Waals surface area contributed by atoms with E-state index in [1.165, 1.54) is 0 Å². The normalized spacial score (nSPS) is 12.5. The van der Waals surface area contributed by atoms with Gasteiger partial charge in [0.15, 0.2) is 0 Å². The molecular weight excluding hydrogens is 178 g/mol. The van der Waals surface area contributed by atoms with E-state index in [4.69, 9.17) is 9.84 Å². The SMILES string of the molecule is CN[C@@H](CCO)c1ccccc1OC. The maximum Gasteiger partial charge on any atom is 0.123 e. The smallest absolute Gasteiger partial charge is 0.123 e. The van der Waals surface area contributed by atoms with Crippen molar-refractivity contribution in [2.24, 2.45) is 0 Å². The number of para-hydroxylation sites is 1. The van der Waals surface area contributed by atoms with E-state index in [-0.39, 0.29) is 12.6 Å². The summed E-state index contributed by atoms with van der Waals surface area (Å²) in [4.78, 5) is 0. The first-order valence-electron chi connectivity index (χ1n) is 4.74. The zero-order valence-corrected chi connectivity index (χ0v) is 8.66. The second-order valence-electron chi connectivity index (χ2n) is 3.10. The number of rotatable bonds is 5.